The summed E-state index contributed by atoms with van der Waals surface area (Å²) >= 11 is 1.34. The summed E-state index contributed by atoms with van der Waals surface area (Å²) < 4.78 is 3.96. The van der Waals surface area contributed by atoms with E-state index in [-0.39, 0.29) is 6.10 Å². The molecule has 6 heteroatoms. The molecule has 1 aliphatic heterocycles. The second kappa shape index (κ2) is 4.32. The van der Waals surface area contributed by atoms with Crippen LogP contribution in [0.25, 0.3) is 0 Å². The summed E-state index contributed by atoms with van der Waals surface area (Å²) in [5.74, 6) is 0.777. The molecule has 1 aromatic heterocycles. The largest absolute Gasteiger partial charge is 0.393 e. The number of nitrogens with two attached hydrogens (primary N) is 1. The van der Waals surface area contributed by atoms with Crippen molar-refractivity contribution in [3.63, 3.8) is 0 Å². The van der Waals surface area contributed by atoms with Gasteiger partial charge < -0.3 is 15.7 Å². The molecule has 1 aliphatic rings. The van der Waals surface area contributed by atoms with E-state index in [1.165, 1.54) is 11.5 Å². The van der Waals surface area contributed by atoms with Gasteiger partial charge in [-0.1, -0.05) is 0 Å². The quantitative estimate of drug-likeness (QED) is 0.780. The molecule has 5 nitrogen and oxygen atoms in total. The Hall–Kier alpha value is -0.880. The number of aliphatic hydroxyl groups excluding tert-OH is 1. The summed E-state index contributed by atoms with van der Waals surface area (Å²) in [6.45, 7) is 3.73. The van der Waals surface area contributed by atoms with E-state index in [2.05, 4.69) is 14.3 Å². The normalized spacial score (nSPS) is 20.5. The lowest BCUT2D eigenvalue weighted by molar-refractivity contribution is 0.110. The van der Waals surface area contributed by atoms with Crippen molar-refractivity contribution in [3.05, 3.63) is 0 Å². The first-order valence-corrected chi connectivity index (χ1v) is 5.96. The molecule has 0 amide bonds. The second-order valence-corrected chi connectivity index (χ2v) is 4.73. The molecule has 0 bridgehead atoms. The third-order valence-corrected chi connectivity index (χ3v) is 3.71. The molecule has 2 rings (SSSR count). The van der Waals surface area contributed by atoms with E-state index in [1.54, 1.807) is 0 Å². The first kappa shape index (κ1) is 10.6. The number of nitrogen functional groups attached to an aromatic ring is 1. The maximum Gasteiger partial charge on any atom is 0.233 e. The lowest BCUT2D eigenvalue weighted by atomic mass is 9.92. The van der Waals surface area contributed by atoms with Gasteiger partial charge in [0.25, 0.3) is 0 Å². The van der Waals surface area contributed by atoms with Crippen LogP contribution in [0, 0.1) is 5.92 Å². The van der Waals surface area contributed by atoms with Gasteiger partial charge in [0.15, 0.2) is 0 Å². The molecule has 0 spiro atoms. The number of hydrogen-bond acceptors (Lipinski definition) is 6. The van der Waals surface area contributed by atoms with E-state index < -0.39 is 0 Å². The van der Waals surface area contributed by atoms with Gasteiger partial charge in [-0.3, -0.25) is 0 Å². The van der Waals surface area contributed by atoms with Crippen LogP contribution >= 0.6 is 11.5 Å². The highest BCUT2D eigenvalue weighted by Gasteiger charge is 2.24. The Morgan fingerprint density at radius 2 is 2.20 bits per heavy atom. The standard InChI is InChI=1S/C9H16N4OS/c1-6(14)7-2-4-13(5-3-7)9-11-8(10)12-15-9/h6-7,14H,2-5H2,1H3,(H2,10,12). The van der Waals surface area contributed by atoms with Crippen LogP contribution in [0.3, 0.4) is 0 Å². The van der Waals surface area contributed by atoms with Crippen molar-refractivity contribution >= 4 is 22.6 Å². The van der Waals surface area contributed by atoms with E-state index in [9.17, 15) is 5.11 Å². The molecular weight excluding hydrogens is 212 g/mol. The van der Waals surface area contributed by atoms with Crippen molar-refractivity contribution in [1.29, 1.82) is 0 Å². The minimum atomic E-state index is -0.202. The molecule has 2 heterocycles. The van der Waals surface area contributed by atoms with Crippen LogP contribution in [0.2, 0.25) is 0 Å². The van der Waals surface area contributed by atoms with Crippen molar-refractivity contribution in [2.24, 2.45) is 5.92 Å². The fraction of sp³-hybridized carbons (Fsp3) is 0.778. The molecule has 1 aromatic rings. The summed E-state index contributed by atoms with van der Waals surface area (Å²) in [6, 6.07) is 0. The molecule has 0 aliphatic carbocycles. The first-order valence-electron chi connectivity index (χ1n) is 5.19. The van der Waals surface area contributed by atoms with Gasteiger partial charge >= 0.3 is 0 Å². The minimum Gasteiger partial charge on any atom is -0.393 e. The van der Waals surface area contributed by atoms with Gasteiger partial charge in [0.2, 0.25) is 11.1 Å². The number of piperidine rings is 1. The number of rotatable bonds is 2. The van der Waals surface area contributed by atoms with Crippen LogP contribution in [0.4, 0.5) is 11.1 Å². The smallest absolute Gasteiger partial charge is 0.233 e. The maximum atomic E-state index is 9.47. The average Bonchev–Trinajstić information content (AvgIpc) is 2.65. The Morgan fingerprint density at radius 3 is 2.67 bits per heavy atom. The summed E-state index contributed by atoms with van der Waals surface area (Å²) in [4.78, 5) is 6.34. The summed E-state index contributed by atoms with van der Waals surface area (Å²) in [7, 11) is 0. The van der Waals surface area contributed by atoms with Gasteiger partial charge in [-0.2, -0.15) is 9.36 Å². The van der Waals surface area contributed by atoms with E-state index in [4.69, 9.17) is 5.73 Å². The molecule has 15 heavy (non-hydrogen) atoms. The lowest BCUT2D eigenvalue weighted by Crippen LogP contribution is -2.36. The summed E-state index contributed by atoms with van der Waals surface area (Å²) in [5, 5.41) is 10.4. The third kappa shape index (κ3) is 2.38. The Labute approximate surface area is 93.1 Å². The highest BCUT2D eigenvalue weighted by Crippen LogP contribution is 2.26. The van der Waals surface area contributed by atoms with Crippen molar-refractivity contribution in [2.75, 3.05) is 23.7 Å². The third-order valence-electron chi connectivity index (χ3n) is 2.92. The van der Waals surface area contributed by atoms with Gasteiger partial charge in [0.05, 0.1) is 6.10 Å². The van der Waals surface area contributed by atoms with Crippen LogP contribution in [0.1, 0.15) is 19.8 Å². The zero-order chi connectivity index (χ0) is 10.8. The molecule has 0 radical (unpaired) electrons. The van der Waals surface area contributed by atoms with E-state index in [0.29, 0.717) is 11.9 Å². The van der Waals surface area contributed by atoms with Crippen molar-refractivity contribution < 1.29 is 5.11 Å². The highest BCUT2D eigenvalue weighted by molar-refractivity contribution is 7.09. The molecule has 0 saturated carbocycles. The van der Waals surface area contributed by atoms with E-state index in [1.807, 2.05) is 6.92 Å². The van der Waals surface area contributed by atoms with Crippen LogP contribution in [-0.4, -0.2) is 33.7 Å². The van der Waals surface area contributed by atoms with Crippen LogP contribution < -0.4 is 10.6 Å². The zero-order valence-corrected chi connectivity index (χ0v) is 9.57. The van der Waals surface area contributed by atoms with Crippen LogP contribution in [0.15, 0.2) is 0 Å². The molecule has 1 fully saturated rings. The maximum absolute atomic E-state index is 9.47. The molecule has 1 saturated heterocycles. The first-order chi connectivity index (χ1) is 7.16. The monoisotopic (exact) mass is 228 g/mol. The van der Waals surface area contributed by atoms with Crippen molar-refractivity contribution in [3.8, 4) is 0 Å². The topological polar surface area (TPSA) is 75.3 Å². The minimum absolute atomic E-state index is 0.202. The number of aromatic nitrogens is 2. The van der Waals surface area contributed by atoms with Gasteiger partial charge in [0, 0.05) is 24.6 Å². The highest BCUT2D eigenvalue weighted by atomic mass is 32.1. The Morgan fingerprint density at radius 1 is 1.53 bits per heavy atom. The molecule has 1 atom stereocenters. The van der Waals surface area contributed by atoms with Gasteiger partial charge in [-0.15, -0.1) is 0 Å². The van der Waals surface area contributed by atoms with Crippen molar-refractivity contribution in [1.82, 2.24) is 9.36 Å². The Bertz CT molecular complexity index is 320. The van der Waals surface area contributed by atoms with E-state index >= 15 is 0 Å². The van der Waals surface area contributed by atoms with Gasteiger partial charge in [-0.25, -0.2) is 0 Å². The lowest BCUT2D eigenvalue weighted by Gasteiger charge is -2.32. The summed E-state index contributed by atoms with van der Waals surface area (Å²) in [5.41, 5.74) is 5.48. The molecule has 3 N–H and O–H groups in total. The second-order valence-electron chi connectivity index (χ2n) is 4.00. The number of nitrogens with zero attached hydrogens (tertiary/aromatic N) is 3. The fourth-order valence-corrected chi connectivity index (χ4v) is 2.58. The van der Waals surface area contributed by atoms with Crippen LogP contribution in [-0.2, 0) is 0 Å². The zero-order valence-electron chi connectivity index (χ0n) is 8.76. The Kier molecular flexibility index (Phi) is 3.06. The summed E-state index contributed by atoms with van der Waals surface area (Å²) in [6.07, 6.45) is 1.82. The fourth-order valence-electron chi connectivity index (χ4n) is 1.93. The van der Waals surface area contributed by atoms with Gasteiger partial charge in [-0.05, 0) is 25.7 Å². The van der Waals surface area contributed by atoms with Crippen molar-refractivity contribution in [2.45, 2.75) is 25.9 Å². The number of aliphatic hydroxyl groups is 1. The Balaban J connectivity index is 1.93. The van der Waals surface area contributed by atoms with E-state index in [0.717, 1.165) is 31.1 Å². The predicted octanol–water partition coefficient (Wildman–Crippen LogP) is 0.718. The molecular formula is C9H16N4OS. The molecule has 1 unspecified atom stereocenters. The number of hydrogen-bond donors (Lipinski definition) is 2. The molecule has 84 valence electrons. The SMILES string of the molecule is CC(O)C1CCN(c2nc(N)ns2)CC1. The predicted molar refractivity (Wildman–Crippen MR) is 60.9 cm³/mol. The number of anilines is 2. The van der Waals surface area contributed by atoms with Gasteiger partial charge in [0.1, 0.15) is 0 Å². The average molecular weight is 228 g/mol. The van der Waals surface area contributed by atoms with Crippen LogP contribution in [0.5, 0.6) is 0 Å². The molecule has 0 aromatic carbocycles.